The number of thioether (sulfide) groups is 1. The molecule has 0 bridgehead atoms. The molecule has 0 aliphatic carbocycles. The van der Waals surface area contributed by atoms with Crippen LogP contribution in [-0.2, 0) is 5.73 Å². The maximum atomic E-state index is 12.3. The van der Waals surface area contributed by atoms with Gasteiger partial charge in [0.2, 0.25) is 0 Å². The van der Waals surface area contributed by atoms with E-state index in [1.54, 1.807) is 0 Å². The van der Waals surface area contributed by atoms with Crippen LogP contribution in [0.15, 0.2) is 66.7 Å². The average molecular weight is 336 g/mol. The van der Waals surface area contributed by atoms with Gasteiger partial charge in [-0.3, -0.25) is 4.79 Å². The molecule has 0 heterocycles. The summed E-state index contributed by atoms with van der Waals surface area (Å²) in [5.74, 6) is 0. The van der Waals surface area contributed by atoms with Crippen molar-refractivity contribution in [1.82, 2.24) is 5.32 Å². The lowest BCUT2D eigenvalue weighted by molar-refractivity contribution is 0.258. The summed E-state index contributed by atoms with van der Waals surface area (Å²) in [5.41, 5.74) is 2.35. The molecule has 1 N–H and O–H groups in total. The van der Waals surface area contributed by atoms with Crippen LogP contribution in [0.5, 0.6) is 0 Å². The third kappa shape index (κ3) is 3.80. The van der Waals surface area contributed by atoms with Crippen LogP contribution >= 0.6 is 11.8 Å². The number of carbonyl (C=O) groups is 1. The molecule has 2 atom stereocenters. The molecule has 2 nitrogen and oxygen atoms in total. The number of hydrogen-bond donors (Lipinski definition) is 1. The maximum Gasteiger partial charge on any atom is 0.279 e. The second-order valence-electron chi connectivity index (χ2n) is 5.80. The van der Waals surface area contributed by atoms with E-state index in [1.165, 1.54) is 0 Å². The van der Waals surface area contributed by atoms with Crippen LogP contribution in [-0.4, -0.2) is 5.24 Å². The maximum absolute atomic E-state index is 12.3. The van der Waals surface area contributed by atoms with Crippen molar-refractivity contribution in [2.75, 3.05) is 0 Å². The fraction of sp³-hybridized carbons (Fsp3) is 0.190. The molecule has 122 valence electrons. The molecular formula is C21H21NOS. The first kappa shape index (κ1) is 15.3. The van der Waals surface area contributed by atoms with E-state index in [4.69, 9.17) is 1.37 Å². The van der Waals surface area contributed by atoms with Gasteiger partial charge in [0.15, 0.2) is 0 Å². The third-order valence-corrected chi connectivity index (χ3v) is 4.87. The van der Waals surface area contributed by atoms with Crippen molar-refractivity contribution in [1.29, 1.82) is 0 Å². The standard InChI is InChI=1S/C21H21NOS/c1-15-19(13-12-18-10-6-7-11-20(15)18)14-24-21(23)22-16(2)17-8-4-3-5-9-17/h3-13,16H,14H2,1-2H3,(H,22,23)/t16-/m1/s1/i14D/t14-,16-. The Hall–Kier alpha value is -2.26. The van der Waals surface area contributed by atoms with E-state index in [-0.39, 0.29) is 11.3 Å². The zero-order valence-electron chi connectivity index (χ0n) is 14.8. The second kappa shape index (κ2) is 7.54. The van der Waals surface area contributed by atoms with Crippen LogP contribution in [0, 0.1) is 6.92 Å². The number of carbonyl (C=O) groups excluding carboxylic acids is 1. The summed E-state index contributed by atoms with van der Waals surface area (Å²) >= 11 is 1.02. The van der Waals surface area contributed by atoms with Gasteiger partial charge in [0.1, 0.15) is 0 Å². The van der Waals surface area contributed by atoms with Crippen molar-refractivity contribution in [2.24, 2.45) is 0 Å². The molecule has 3 heteroatoms. The molecule has 0 aliphatic heterocycles. The van der Waals surface area contributed by atoms with Crippen LogP contribution < -0.4 is 5.32 Å². The molecule has 3 rings (SSSR count). The molecule has 0 saturated carbocycles. The Morgan fingerprint density at radius 3 is 2.58 bits per heavy atom. The first-order valence-corrected chi connectivity index (χ1v) is 8.87. The number of benzene rings is 3. The number of rotatable bonds is 4. The van der Waals surface area contributed by atoms with Gasteiger partial charge in [0.05, 0.1) is 6.04 Å². The van der Waals surface area contributed by atoms with E-state index < -0.39 is 5.73 Å². The van der Waals surface area contributed by atoms with E-state index in [1.807, 2.05) is 68.4 Å². The molecule has 0 saturated heterocycles. The van der Waals surface area contributed by atoms with Crippen LogP contribution in [0.1, 0.15) is 31.0 Å². The first-order chi connectivity index (χ1) is 12.1. The normalized spacial score (nSPS) is 14.0. The van der Waals surface area contributed by atoms with Crippen LogP contribution in [0.25, 0.3) is 10.8 Å². The largest absolute Gasteiger partial charge is 0.340 e. The van der Waals surface area contributed by atoms with Crippen molar-refractivity contribution in [3.05, 3.63) is 83.4 Å². The molecule has 0 unspecified atom stereocenters. The van der Waals surface area contributed by atoms with Crippen molar-refractivity contribution in [3.8, 4) is 0 Å². The Morgan fingerprint density at radius 2 is 1.79 bits per heavy atom. The molecule has 3 aromatic rings. The summed E-state index contributed by atoms with van der Waals surface area (Å²) < 4.78 is 8.41. The zero-order chi connectivity index (χ0) is 17.8. The fourth-order valence-corrected chi connectivity index (χ4v) is 3.46. The Bertz CT molecular complexity index is 881. The highest BCUT2D eigenvalue weighted by atomic mass is 32.2. The van der Waals surface area contributed by atoms with Gasteiger partial charge < -0.3 is 5.32 Å². The average Bonchev–Trinajstić information content (AvgIpc) is 2.62. The Kier molecular flexibility index (Phi) is 4.80. The third-order valence-electron chi connectivity index (χ3n) is 4.17. The van der Waals surface area contributed by atoms with Crippen LogP contribution in [0.4, 0.5) is 4.79 Å². The predicted octanol–water partition coefficient (Wildman–Crippen LogP) is 5.85. The van der Waals surface area contributed by atoms with Gasteiger partial charge in [0.25, 0.3) is 5.24 Å². The van der Waals surface area contributed by atoms with E-state index in [0.29, 0.717) is 0 Å². The van der Waals surface area contributed by atoms with Gasteiger partial charge in [-0.1, -0.05) is 78.5 Å². The Morgan fingerprint density at radius 1 is 1.08 bits per heavy atom. The quantitative estimate of drug-likeness (QED) is 0.647. The molecule has 1 amide bonds. The number of nitrogens with one attached hydrogen (secondary N) is 1. The monoisotopic (exact) mass is 336 g/mol. The SMILES string of the molecule is [2H][C@@H](SC(=O)N[C@H](C)c1ccccc1)c1ccc2ccccc2c1C. The summed E-state index contributed by atoms with van der Waals surface area (Å²) in [6.07, 6.45) is 0. The highest BCUT2D eigenvalue weighted by Crippen LogP contribution is 2.25. The lowest BCUT2D eigenvalue weighted by atomic mass is 10.0. The molecule has 0 radical (unpaired) electrons. The minimum Gasteiger partial charge on any atom is -0.340 e. The lowest BCUT2D eigenvalue weighted by Crippen LogP contribution is -2.22. The van der Waals surface area contributed by atoms with Gasteiger partial charge in [-0.15, -0.1) is 0 Å². The number of amides is 1. The number of hydrogen-bond acceptors (Lipinski definition) is 2. The summed E-state index contributed by atoms with van der Waals surface area (Å²) in [5, 5.41) is 5.07. The van der Waals surface area contributed by atoms with Crippen molar-refractivity contribution < 1.29 is 6.17 Å². The number of fused-ring (bicyclic) bond motifs is 1. The second-order valence-corrected chi connectivity index (χ2v) is 6.64. The molecule has 3 aromatic carbocycles. The smallest absolute Gasteiger partial charge is 0.279 e. The Labute approximate surface area is 148 Å². The van der Waals surface area contributed by atoms with E-state index in [0.717, 1.165) is 39.2 Å². The van der Waals surface area contributed by atoms with Crippen LogP contribution in [0.2, 0.25) is 0 Å². The Balaban J connectivity index is 1.70. The van der Waals surface area contributed by atoms with Crippen LogP contribution in [0.3, 0.4) is 0 Å². The van der Waals surface area contributed by atoms with E-state index >= 15 is 0 Å². The molecule has 24 heavy (non-hydrogen) atoms. The van der Waals surface area contributed by atoms with Crippen molar-refractivity contribution >= 4 is 27.8 Å². The van der Waals surface area contributed by atoms with Crippen molar-refractivity contribution in [3.63, 3.8) is 0 Å². The molecule has 0 aliphatic rings. The van der Waals surface area contributed by atoms with E-state index in [2.05, 4.69) is 17.4 Å². The van der Waals surface area contributed by atoms with Gasteiger partial charge in [-0.05, 0) is 41.3 Å². The van der Waals surface area contributed by atoms with Gasteiger partial charge in [-0.25, -0.2) is 0 Å². The molecule has 0 fully saturated rings. The summed E-state index contributed by atoms with van der Waals surface area (Å²) in [7, 11) is 0. The fourth-order valence-electron chi connectivity index (χ4n) is 2.72. The highest BCUT2D eigenvalue weighted by molar-refractivity contribution is 8.12. The summed E-state index contributed by atoms with van der Waals surface area (Å²) in [6, 6.07) is 21.9. The minimum atomic E-state index is -0.646. The van der Waals surface area contributed by atoms with Gasteiger partial charge in [-0.2, -0.15) is 0 Å². The van der Waals surface area contributed by atoms with Gasteiger partial charge in [0, 0.05) is 7.10 Å². The predicted molar refractivity (Wildman–Crippen MR) is 103 cm³/mol. The highest BCUT2D eigenvalue weighted by Gasteiger charge is 2.11. The first-order valence-electron chi connectivity index (χ1n) is 8.56. The molecule has 0 aromatic heterocycles. The van der Waals surface area contributed by atoms with Gasteiger partial charge >= 0.3 is 0 Å². The number of aryl methyl sites for hydroxylation is 1. The molecular weight excluding hydrogens is 314 g/mol. The zero-order valence-corrected chi connectivity index (χ0v) is 14.6. The van der Waals surface area contributed by atoms with E-state index in [9.17, 15) is 4.79 Å². The topological polar surface area (TPSA) is 29.1 Å². The minimum absolute atomic E-state index is 0.0777. The lowest BCUT2D eigenvalue weighted by Gasteiger charge is -2.14. The summed E-state index contributed by atoms with van der Waals surface area (Å²) in [4.78, 5) is 12.3. The van der Waals surface area contributed by atoms with Crippen molar-refractivity contribution in [2.45, 2.75) is 25.6 Å². The molecule has 0 spiro atoms. The summed E-state index contributed by atoms with van der Waals surface area (Å²) in [6.45, 7) is 3.97.